The maximum Gasteiger partial charge on any atom is 0.180 e. The SMILES string of the molecule is Nc1ncnc(Sc2nncs2)c1Br. The number of halogens is 1. The van der Waals surface area contributed by atoms with Crippen LogP contribution in [-0.4, -0.2) is 20.2 Å². The second kappa shape index (κ2) is 4.20. The first-order chi connectivity index (χ1) is 6.77. The molecule has 72 valence electrons. The van der Waals surface area contributed by atoms with Gasteiger partial charge in [-0.15, -0.1) is 10.2 Å². The molecule has 2 aromatic heterocycles. The van der Waals surface area contributed by atoms with E-state index in [1.54, 1.807) is 5.51 Å². The van der Waals surface area contributed by atoms with Gasteiger partial charge in [-0.25, -0.2) is 9.97 Å². The van der Waals surface area contributed by atoms with Crippen molar-refractivity contribution in [3.05, 3.63) is 16.3 Å². The summed E-state index contributed by atoms with van der Waals surface area (Å²) in [5.74, 6) is 0.423. The van der Waals surface area contributed by atoms with Gasteiger partial charge < -0.3 is 5.73 Å². The van der Waals surface area contributed by atoms with Crippen LogP contribution >= 0.6 is 39.0 Å². The van der Waals surface area contributed by atoms with E-state index in [1.807, 2.05) is 0 Å². The third-order valence-corrected chi connectivity index (χ3v) is 4.13. The Morgan fingerprint density at radius 2 is 2.29 bits per heavy atom. The minimum Gasteiger partial charge on any atom is -0.383 e. The molecular formula is C6H4BrN5S2. The van der Waals surface area contributed by atoms with Crippen LogP contribution in [0.25, 0.3) is 0 Å². The van der Waals surface area contributed by atoms with Crippen molar-refractivity contribution in [3.63, 3.8) is 0 Å². The van der Waals surface area contributed by atoms with E-state index < -0.39 is 0 Å². The molecule has 0 fully saturated rings. The van der Waals surface area contributed by atoms with Gasteiger partial charge in [0.25, 0.3) is 0 Å². The third-order valence-electron chi connectivity index (χ3n) is 1.31. The van der Waals surface area contributed by atoms with Crippen molar-refractivity contribution in [2.45, 2.75) is 9.37 Å². The smallest absolute Gasteiger partial charge is 0.180 e. The Balaban J connectivity index is 2.29. The van der Waals surface area contributed by atoms with E-state index in [0.717, 1.165) is 9.37 Å². The summed E-state index contributed by atoms with van der Waals surface area (Å²) in [7, 11) is 0. The van der Waals surface area contributed by atoms with Gasteiger partial charge in [0.2, 0.25) is 0 Å². The molecule has 0 radical (unpaired) electrons. The highest BCUT2D eigenvalue weighted by atomic mass is 79.9. The Bertz CT molecular complexity index is 432. The topological polar surface area (TPSA) is 77.6 Å². The van der Waals surface area contributed by atoms with Gasteiger partial charge in [-0.05, 0) is 27.7 Å². The van der Waals surface area contributed by atoms with Gasteiger partial charge in [0.1, 0.15) is 22.7 Å². The minimum absolute atomic E-state index is 0.423. The highest BCUT2D eigenvalue weighted by Gasteiger charge is 2.09. The van der Waals surface area contributed by atoms with Gasteiger partial charge in [-0.1, -0.05) is 11.3 Å². The van der Waals surface area contributed by atoms with Crippen molar-refractivity contribution in [1.82, 2.24) is 20.2 Å². The van der Waals surface area contributed by atoms with Crippen molar-refractivity contribution in [2.24, 2.45) is 0 Å². The van der Waals surface area contributed by atoms with E-state index in [0.29, 0.717) is 10.3 Å². The zero-order valence-electron chi connectivity index (χ0n) is 6.72. The zero-order valence-corrected chi connectivity index (χ0v) is 9.93. The molecule has 0 atom stereocenters. The average Bonchev–Trinajstić information content (AvgIpc) is 2.66. The maximum absolute atomic E-state index is 5.61. The lowest BCUT2D eigenvalue weighted by Crippen LogP contribution is -1.94. The lowest BCUT2D eigenvalue weighted by molar-refractivity contribution is 0.995. The van der Waals surface area contributed by atoms with E-state index in [2.05, 4.69) is 36.1 Å². The van der Waals surface area contributed by atoms with E-state index in [-0.39, 0.29) is 0 Å². The molecule has 2 heterocycles. The van der Waals surface area contributed by atoms with Gasteiger partial charge >= 0.3 is 0 Å². The molecule has 0 spiro atoms. The molecule has 0 saturated carbocycles. The molecule has 0 aliphatic heterocycles. The fourth-order valence-electron chi connectivity index (χ4n) is 0.728. The molecule has 14 heavy (non-hydrogen) atoms. The second-order valence-electron chi connectivity index (χ2n) is 2.18. The standard InChI is InChI=1S/C6H4BrN5S2/c7-3-4(8)9-1-10-5(3)14-6-12-11-2-13-6/h1-2H,(H2,8,9,10). The summed E-state index contributed by atoms with van der Waals surface area (Å²) in [4.78, 5) is 7.92. The summed E-state index contributed by atoms with van der Waals surface area (Å²) >= 11 is 6.16. The van der Waals surface area contributed by atoms with Crippen LogP contribution in [0.15, 0.2) is 25.7 Å². The molecule has 0 aromatic carbocycles. The minimum atomic E-state index is 0.423. The number of nitrogens with two attached hydrogens (primary N) is 1. The predicted molar refractivity (Wildman–Crippen MR) is 58.2 cm³/mol. The van der Waals surface area contributed by atoms with Crippen molar-refractivity contribution in [3.8, 4) is 0 Å². The molecule has 0 bridgehead atoms. The Morgan fingerprint density at radius 1 is 1.43 bits per heavy atom. The highest BCUT2D eigenvalue weighted by Crippen LogP contribution is 2.33. The first kappa shape index (κ1) is 9.81. The lowest BCUT2D eigenvalue weighted by atomic mass is 10.6. The molecule has 0 amide bonds. The van der Waals surface area contributed by atoms with Crippen LogP contribution in [0.3, 0.4) is 0 Å². The van der Waals surface area contributed by atoms with E-state index in [1.165, 1.54) is 29.4 Å². The van der Waals surface area contributed by atoms with Gasteiger partial charge in [0.15, 0.2) is 4.34 Å². The molecule has 0 unspecified atom stereocenters. The molecule has 0 saturated heterocycles. The Kier molecular flexibility index (Phi) is 2.94. The van der Waals surface area contributed by atoms with Gasteiger partial charge in [-0.2, -0.15) is 0 Å². The second-order valence-corrected chi connectivity index (χ2v) is 5.05. The van der Waals surface area contributed by atoms with Gasteiger partial charge in [-0.3, -0.25) is 0 Å². The zero-order chi connectivity index (χ0) is 9.97. The maximum atomic E-state index is 5.61. The number of hydrogen-bond acceptors (Lipinski definition) is 7. The van der Waals surface area contributed by atoms with Crippen molar-refractivity contribution >= 4 is 44.8 Å². The molecular weight excluding hydrogens is 286 g/mol. The summed E-state index contributed by atoms with van der Waals surface area (Å²) in [6.07, 6.45) is 1.42. The number of rotatable bonds is 2. The summed E-state index contributed by atoms with van der Waals surface area (Å²) in [5.41, 5.74) is 7.27. The number of nitrogen functional groups attached to an aromatic ring is 1. The van der Waals surface area contributed by atoms with Gasteiger partial charge in [0, 0.05) is 0 Å². The fraction of sp³-hybridized carbons (Fsp3) is 0. The largest absolute Gasteiger partial charge is 0.383 e. The first-order valence-electron chi connectivity index (χ1n) is 3.47. The van der Waals surface area contributed by atoms with E-state index >= 15 is 0 Å². The Hall–Kier alpha value is -0.730. The van der Waals surface area contributed by atoms with Crippen LogP contribution in [0.4, 0.5) is 5.82 Å². The van der Waals surface area contributed by atoms with E-state index in [9.17, 15) is 0 Å². The first-order valence-corrected chi connectivity index (χ1v) is 5.96. The van der Waals surface area contributed by atoms with Crippen LogP contribution in [0.1, 0.15) is 0 Å². The number of hydrogen-bond donors (Lipinski definition) is 1. The third kappa shape index (κ3) is 2.02. The monoisotopic (exact) mass is 289 g/mol. The molecule has 8 heteroatoms. The molecule has 2 N–H and O–H groups in total. The van der Waals surface area contributed by atoms with Crippen molar-refractivity contribution in [2.75, 3.05) is 5.73 Å². The van der Waals surface area contributed by atoms with E-state index in [4.69, 9.17) is 5.73 Å². The van der Waals surface area contributed by atoms with Crippen LogP contribution in [0.5, 0.6) is 0 Å². The summed E-state index contributed by atoms with van der Waals surface area (Å²) < 4.78 is 1.52. The average molecular weight is 290 g/mol. The predicted octanol–water partition coefficient (Wildman–Crippen LogP) is 1.82. The quantitative estimate of drug-likeness (QED) is 0.850. The Labute approximate surface area is 96.3 Å². The number of anilines is 1. The Morgan fingerprint density at radius 3 is 3.00 bits per heavy atom. The fourth-order valence-corrected chi connectivity index (χ4v) is 2.56. The summed E-state index contributed by atoms with van der Waals surface area (Å²) in [6.45, 7) is 0. The van der Waals surface area contributed by atoms with Gasteiger partial charge in [0.05, 0.1) is 4.47 Å². The molecule has 0 aliphatic rings. The van der Waals surface area contributed by atoms with Crippen molar-refractivity contribution in [1.29, 1.82) is 0 Å². The summed E-state index contributed by atoms with van der Waals surface area (Å²) in [5, 5.41) is 8.36. The molecule has 0 aliphatic carbocycles. The normalized spacial score (nSPS) is 10.4. The highest BCUT2D eigenvalue weighted by molar-refractivity contribution is 9.10. The number of aromatic nitrogens is 4. The molecule has 2 rings (SSSR count). The lowest BCUT2D eigenvalue weighted by Gasteiger charge is -2.00. The molecule has 5 nitrogen and oxygen atoms in total. The summed E-state index contributed by atoms with van der Waals surface area (Å²) in [6, 6.07) is 0. The van der Waals surface area contributed by atoms with Crippen LogP contribution in [-0.2, 0) is 0 Å². The van der Waals surface area contributed by atoms with Crippen LogP contribution in [0, 0.1) is 0 Å². The molecule has 2 aromatic rings. The van der Waals surface area contributed by atoms with Crippen LogP contribution < -0.4 is 5.73 Å². The number of nitrogens with zero attached hydrogens (tertiary/aromatic N) is 4. The van der Waals surface area contributed by atoms with Crippen molar-refractivity contribution < 1.29 is 0 Å². The van der Waals surface area contributed by atoms with Crippen LogP contribution in [0.2, 0.25) is 0 Å².